The lowest BCUT2D eigenvalue weighted by atomic mass is 10.8. The molecule has 0 rings (SSSR count). The van der Waals surface area contributed by atoms with Crippen LogP contribution in [0.25, 0.3) is 0 Å². The van der Waals surface area contributed by atoms with E-state index in [1.807, 2.05) is 0 Å². The van der Waals surface area contributed by atoms with Crippen LogP contribution in [0, 0.1) is 0 Å². The molecule has 6 heteroatoms. The van der Waals surface area contributed by atoms with Crippen LogP contribution in [0.2, 0.25) is 0 Å². The smallest absolute Gasteiger partial charge is 0.412 e. The van der Waals surface area contributed by atoms with Gasteiger partial charge in [-0.25, -0.2) is 9.18 Å². The second kappa shape index (κ2) is 3.16. The summed E-state index contributed by atoms with van der Waals surface area (Å²) < 4.78 is 36.9. The molecule has 1 unspecified atom stereocenters. The summed E-state index contributed by atoms with van der Waals surface area (Å²) in [6.45, 7) is 0.821. The van der Waals surface area contributed by atoms with Crippen LogP contribution in [-0.2, 0) is 4.74 Å². The molecule has 1 atom stereocenters. The summed E-state index contributed by atoms with van der Waals surface area (Å²) in [6.07, 6.45) is -4.00. The van der Waals surface area contributed by atoms with Crippen molar-refractivity contribution in [3.05, 3.63) is 0 Å². The maximum absolute atomic E-state index is 11.5. The molecule has 0 saturated heterocycles. The number of carbonyl (C=O) groups excluding carboxylic acids is 1. The molecule has 0 aliphatic rings. The molecule has 0 bridgehead atoms. The summed E-state index contributed by atoms with van der Waals surface area (Å²) in [5, 5.41) is -1.84. The number of hydrogen-bond donors (Lipinski definition) is 0. The predicted molar refractivity (Wildman–Crippen MR) is 21.1 cm³/mol. The first-order valence-electron chi connectivity index (χ1n) is 2.00. The number of rotatable bonds is 1. The van der Waals surface area contributed by atoms with Gasteiger partial charge in [0.25, 0.3) is 0 Å². The van der Waals surface area contributed by atoms with E-state index in [4.69, 9.17) is 0 Å². The molecule has 0 aromatic carbocycles. The third kappa shape index (κ3) is 3.63. The monoisotopic (exact) mass is 143 g/mol. The number of carbonyl (C=O) groups is 1. The normalized spacial score (nSPS) is 12.4. The van der Waals surface area contributed by atoms with Gasteiger partial charge in [0.05, 0.1) is 0 Å². The Morgan fingerprint density at radius 2 is 2.11 bits per heavy atom. The van der Waals surface area contributed by atoms with Gasteiger partial charge >= 0.3 is 6.09 Å². The van der Waals surface area contributed by atoms with E-state index >= 15 is 0 Å². The molecule has 54 valence electrons. The lowest BCUT2D eigenvalue weighted by Crippen LogP contribution is -2.18. The number of nitrogens with zero attached hydrogens (tertiary/aromatic N) is 1. The number of amides is 1. The Labute approximate surface area is 48.9 Å². The zero-order valence-corrected chi connectivity index (χ0v) is 4.47. The van der Waals surface area contributed by atoms with E-state index in [-0.39, 0.29) is 0 Å². The number of ether oxygens (including phenoxy) is 1. The molecular formula is C3H4F3NO2. The molecule has 3 nitrogen and oxygen atoms in total. The minimum Gasteiger partial charge on any atom is -0.412 e. The topological polar surface area (TPSA) is 29.5 Å². The molecule has 0 fully saturated rings. The van der Waals surface area contributed by atoms with E-state index in [0.29, 0.717) is 0 Å². The van der Waals surface area contributed by atoms with Crippen LogP contribution in [0.3, 0.4) is 0 Å². The number of alkyl halides is 1. The third-order valence-corrected chi connectivity index (χ3v) is 0.401. The molecule has 0 saturated carbocycles. The van der Waals surface area contributed by atoms with Gasteiger partial charge in [0.2, 0.25) is 6.36 Å². The van der Waals surface area contributed by atoms with E-state index < -0.39 is 17.8 Å². The third-order valence-electron chi connectivity index (χ3n) is 0.401. The van der Waals surface area contributed by atoms with E-state index in [0.717, 1.165) is 6.92 Å². The van der Waals surface area contributed by atoms with Gasteiger partial charge in [-0.1, -0.05) is 8.96 Å². The first-order valence-corrected chi connectivity index (χ1v) is 2.00. The molecule has 0 aromatic heterocycles. The minimum atomic E-state index is -2.01. The van der Waals surface area contributed by atoms with Crippen LogP contribution in [0.4, 0.5) is 18.1 Å². The largest absolute Gasteiger partial charge is 0.470 e. The highest BCUT2D eigenvalue weighted by Gasteiger charge is 2.15. The molecule has 0 aliphatic heterocycles. The van der Waals surface area contributed by atoms with Gasteiger partial charge in [-0.3, -0.25) is 0 Å². The van der Waals surface area contributed by atoms with Crippen LogP contribution in [0.15, 0.2) is 0 Å². The van der Waals surface area contributed by atoms with Crippen molar-refractivity contribution in [2.24, 2.45) is 0 Å². The molecule has 0 radical (unpaired) electrons. The zero-order valence-electron chi connectivity index (χ0n) is 4.47. The Kier molecular flexibility index (Phi) is 2.83. The predicted octanol–water partition coefficient (Wildman–Crippen LogP) is 1.51. The summed E-state index contributed by atoms with van der Waals surface area (Å²) in [5.41, 5.74) is 0. The van der Waals surface area contributed by atoms with E-state index in [2.05, 4.69) is 4.74 Å². The van der Waals surface area contributed by atoms with Crippen LogP contribution in [0.1, 0.15) is 6.92 Å². The van der Waals surface area contributed by atoms with Crippen LogP contribution >= 0.6 is 0 Å². The second-order valence-electron chi connectivity index (χ2n) is 1.16. The van der Waals surface area contributed by atoms with Crippen molar-refractivity contribution in [3.63, 3.8) is 0 Å². The summed E-state index contributed by atoms with van der Waals surface area (Å²) in [7, 11) is 0. The highest BCUT2D eigenvalue weighted by Crippen LogP contribution is 1.99. The van der Waals surface area contributed by atoms with Crippen molar-refractivity contribution in [1.82, 2.24) is 5.34 Å². The minimum absolute atomic E-state index is 0.821. The van der Waals surface area contributed by atoms with E-state index in [1.165, 1.54) is 0 Å². The first kappa shape index (κ1) is 8.06. The lowest BCUT2D eigenvalue weighted by Gasteiger charge is -2.02. The highest BCUT2D eigenvalue weighted by molar-refractivity contribution is 5.64. The van der Waals surface area contributed by atoms with Crippen molar-refractivity contribution in [1.29, 1.82) is 0 Å². The summed E-state index contributed by atoms with van der Waals surface area (Å²) >= 11 is 0. The Morgan fingerprint density at radius 3 is 2.22 bits per heavy atom. The number of hydrogen-bond acceptors (Lipinski definition) is 2. The van der Waals surface area contributed by atoms with Crippen molar-refractivity contribution < 1.29 is 22.9 Å². The Balaban J connectivity index is 3.51. The van der Waals surface area contributed by atoms with Gasteiger partial charge in [-0.2, -0.15) is 0 Å². The Bertz CT molecular complexity index is 105. The van der Waals surface area contributed by atoms with Crippen molar-refractivity contribution in [2.45, 2.75) is 13.3 Å². The highest BCUT2D eigenvalue weighted by atomic mass is 19.4. The fourth-order valence-electron chi connectivity index (χ4n) is 0.179. The summed E-state index contributed by atoms with van der Waals surface area (Å²) in [6, 6.07) is 0. The summed E-state index contributed by atoms with van der Waals surface area (Å²) in [4.78, 5) is 9.67. The molecule has 0 aliphatic carbocycles. The van der Waals surface area contributed by atoms with Gasteiger partial charge in [0.15, 0.2) is 0 Å². The zero-order chi connectivity index (χ0) is 7.44. The maximum atomic E-state index is 11.5. The standard InChI is InChI=1S/C3H4F3NO2/c1-2(4)9-3(8)7(5)6/h2H,1H3. The van der Waals surface area contributed by atoms with Gasteiger partial charge in [-0.05, 0) is 0 Å². The molecule has 0 heterocycles. The van der Waals surface area contributed by atoms with Crippen LogP contribution < -0.4 is 0 Å². The quantitative estimate of drug-likeness (QED) is 0.520. The van der Waals surface area contributed by atoms with Crippen LogP contribution in [0.5, 0.6) is 0 Å². The van der Waals surface area contributed by atoms with Crippen molar-refractivity contribution in [2.75, 3.05) is 0 Å². The average molecular weight is 143 g/mol. The number of halogens is 3. The summed E-state index contributed by atoms with van der Waals surface area (Å²) in [5.74, 6) is 0. The SMILES string of the molecule is CC(F)OC(=O)N(F)F. The van der Waals surface area contributed by atoms with Gasteiger partial charge in [-0.15, -0.1) is 0 Å². The van der Waals surface area contributed by atoms with E-state index in [9.17, 15) is 18.1 Å². The molecule has 0 aromatic rings. The Hall–Kier alpha value is -0.940. The van der Waals surface area contributed by atoms with Crippen LogP contribution in [-0.4, -0.2) is 17.8 Å². The first-order chi connectivity index (χ1) is 4.04. The fraction of sp³-hybridized carbons (Fsp3) is 0.667. The Morgan fingerprint density at radius 1 is 1.67 bits per heavy atom. The lowest BCUT2D eigenvalue weighted by molar-refractivity contribution is -0.141. The van der Waals surface area contributed by atoms with Gasteiger partial charge < -0.3 is 4.74 Å². The molecule has 9 heavy (non-hydrogen) atoms. The van der Waals surface area contributed by atoms with E-state index in [1.54, 1.807) is 0 Å². The fourth-order valence-corrected chi connectivity index (χ4v) is 0.179. The van der Waals surface area contributed by atoms with Crippen molar-refractivity contribution >= 4 is 6.09 Å². The maximum Gasteiger partial charge on any atom is 0.470 e. The average Bonchev–Trinajstić information content (AvgIpc) is 1.63. The molecule has 0 N–H and O–H groups in total. The van der Waals surface area contributed by atoms with Crippen molar-refractivity contribution in [3.8, 4) is 0 Å². The molecule has 1 amide bonds. The molecule has 0 spiro atoms. The second-order valence-corrected chi connectivity index (χ2v) is 1.16. The van der Waals surface area contributed by atoms with Gasteiger partial charge in [0.1, 0.15) is 0 Å². The van der Waals surface area contributed by atoms with Gasteiger partial charge in [0, 0.05) is 12.3 Å². The molecular weight excluding hydrogens is 139 g/mol.